The summed E-state index contributed by atoms with van der Waals surface area (Å²) in [5.41, 5.74) is 1.43. The molecule has 0 atom stereocenters. The van der Waals surface area contributed by atoms with Gasteiger partial charge in [-0.3, -0.25) is 10.2 Å². The van der Waals surface area contributed by atoms with Crippen LogP contribution in [0.2, 0.25) is 0 Å². The van der Waals surface area contributed by atoms with Crippen molar-refractivity contribution in [3.05, 3.63) is 76.2 Å². The number of nitrogens with one attached hydrogen (secondary N) is 1. The van der Waals surface area contributed by atoms with Gasteiger partial charge in [-0.1, -0.05) is 20.8 Å². The number of amidine groups is 1. The van der Waals surface area contributed by atoms with Crippen LogP contribution in [-0.2, 0) is 12.0 Å². The molecule has 4 rings (SSSR count). The molecule has 0 unspecified atom stereocenters. The van der Waals surface area contributed by atoms with E-state index >= 15 is 4.39 Å². The molecule has 2 heterocycles. The molecule has 1 aliphatic heterocycles. The second-order valence-electron chi connectivity index (χ2n) is 9.84. The predicted octanol–water partition coefficient (Wildman–Crippen LogP) is 5.63. The molecular formula is C28H29BrFN3O6. The highest BCUT2D eigenvalue weighted by Crippen LogP contribution is 2.39. The Kier molecular flexibility index (Phi) is 8.64. The molecule has 0 bridgehead atoms. The molecule has 1 aromatic heterocycles. The maximum Gasteiger partial charge on any atom is 0.337 e. The summed E-state index contributed by atoms with van der Waals surface area (Å²) in [5, 5.41) is 17.6. The molecule has 3 aromatic rings. The molecule has 11 heteroatoms. The Hall–Kier alpha value is -3.99. The number of nitrogens with zero attached hydrogens (tertiary/aromatic N) is 2. The van der Waals surface area contributed by atoms with Crippen LogP contribution in [0.1, 0.15) is 58.2 Å². The molecule has 1 aliphatic rings. The predicted molar refractivity (Wildman–Crippen MR) is 148 cm³/mol. The number of hydrogen-bond acceptors (Lipinski definition) is 7. The molecule has 0 saturated heterocycles. The minimum Gasteiger partial charge on any atom is -0.493 e. The second kappa shape index (κ2) is 11.4. The number of benzene rings is 2. The molecule has 39 heavy (non-hydrogen) atoms. The average molecular weight is 602 g/mol. The zero-order chi connectivity index (χ0) is 27.8. The van der Waals surface area contributed by atoms with Crippen LogP contribution < -0.4 is 14.2 Å². The number of ketones is 1. The first kappa shape index (κ1) is 29.6. The molecule has 206 valence electrons. The van der Waals surface area contributed by atoms with E-state index in [1.807, 2.05) is 20.8 Å². The molecular weight excluding hydrogens is 573 g/mol. The quantitative estimate of drug-likeness (QED) is 0.319. The number of carboxylic acid groups (broad SMARTS) is 1. The normalized spacial score (nSPS) is 12.5. The Bertz CT molecular complexity index is 1440. The topological polar surface area (TPSA) is 122 Å². The number of hydrogen-bond donors (Lipinski definition) is 2. The third kappa shape index (κ3) is 5.88. The zero-order valence-corrected chi connectivity index (χ0v) is 23.8. The largest absolute Gasteiger partial charge is 0.493 e. The number of rotatable bonds is 8. The van der Waals surface area contributed by atoms with Crippen molar-refractivity contribution in [3.63, 3.8) is 0 Å². The van der Waals surface area contributed by atoms with Gasteiger partial charge in [0.1, 0.15) is 11.6 Å². The Balaban J connectivity index is 0.00000420. The molecule has 0 aliphatic carbocycles. The minimum atomic E-state index is -1.09. The van der Waals surface area contributed by atoms with Gasteiger partial charge in [-0.15, -0.1) is 17.0 Å². The van der Waals surface area contributed by atoms with Crippen molar-refractivity contribution >= 4 is 34.6 Å². The van der Waals surface area contributed by atoms with Crippen LogP contribution in [-0.4, -0.2) is 53.3 Å². The van der Waals surface area contributed by atoms with Crippen LogP contribution >= 0.6 is 17.0 Å². The lowest BCUT2D eigenvalue weighted by Crippen LogP contribution is -2.30. The van der Waals surface area contributed by atoms with E-state index in [4.69, 9.17) is 24.7 Å². The van der Waals surface area contributed by atoms with Gasteiger partial charge in [0.25, 0.3) is 0 Å². The Morgan fingerprint density at radius 1 is 1.08 bits per heavy atom. The number of methoxy groups -OCH3 is 2. The summed E-state index contributed by atoms with van der Waals surface area (Å²) in [4.78, 5) is 29.9. The van der Waals surface area contributed by atoms with E-state index in [1.165, 1.54) is 37.4 Å². The SMILES string of the molecule is Br.COc1cc2c(c(F)c1OC)C(=N)N(CC(=O)c1ccc(Oc3ccc(C(=O)O)cn3)c(C(C)(C)C)c1)C2. The van der Waals surface area contributed by atoms with Crippen molar-refractivity contribution in [2.24, 2.45) is 0 Å². The van der Waals surface area contributed by atoms with Crippen LogP contribution in [0, 0.1) is 11.2 Å². The molecule has 0 spiro atoms. The number of ether oxygens (including phenoxy) is 3. The molecule has 0 fully saturated rings. The summed E-state index contributed by atoms with van der Waals surface area (Å²) in [7, 11) is 2.74. The first-order valence-corrected chi connectivity index (χ1v) is 11.8. The molecule has 0 saturated carbocycles. The highest BCUT2D eigenvalue weighted by molar-refractivity contribution is 8.93. The maximum atomic E-state index is 15.1. The van der Waals surface area contributed by atoms with Crippen LogP contribution in [0.25, 0.3) is 0 Å². The third-order valence-corrected chi connectivity index (χ3v) is 6.25. The smallest absolute Gasteiger partial charge is 0.337 e. The van der Waals surface area contributed by atoms with Crippen LogP contribution in [0.3, 0.4) is 0 Å². The van der Waals surface area contributed by atoms with Gasteiger partial charge in [-0.25, -0.2) is 14.2 Å². The van der Waals surface area contributed by atoms with Crippen molar-refractivity contribution in [3.8, 4) is 23.1 Å². The van der Waals surface area contributed by atoms with Gasteiger partial charge in [0, 0.05) is 29.9 Å². The van der Waals surface area contributed by atoms with Gasteiger partial charge in [-0.2, -0.15) is 0 Å². The highest BCUT2D eigenvalue weighted by Gasteiger charge is 2.33. The van der Waals surface area contributed by atoms with E-state index < -0.39 is 17.2 Å². The van der Waals surface area contributed by atoms with E-state index in [2.05, 4.69) is 4.98 Å². The van der Waals surface area contributed by atoms with Crippen molar-refractivity contribution in [2.45, 2.75) is 32.7 Å². The Morgan fingerprint density at radius 2 is 1.77 bits per heavy atom. The van der Waals surface area contributed by atoms with E-state index in [-0.39, 0.29) is 70.2 Å². The third-order valence-electron chi connectivity index (χ3n) is 6.25. The summed E-state index contributed by atoms with van der Waals surface area (Å²) in [6.07, 6.45) is 1.21. The lowest BCUT2D eigenvalue weighted by Gasteiger charge is -2.24. The van der Waals surface area contributed by atoms with E-state index in [0.29, 0.717) is 16.9 Å². The fraction of sp³-hybridized carbons (Fsp3) is 0.286. The Morgan fingerprint density at radius 3 is 2.33 bits per heavy atom. The fourth-order valence-corrected chi connectivity index (χ4v) is 4.28. The number of Topliss-reactive ketones (excluding diaryl/α,β-unsaturated/α-hetero) is 1. The van der Waals surface area contributed by atoms with E-state index in [9.17, 15) is 9.59 Å². The van der Waals surface area contributed by atoms with Crippen molar-refractivity contribution in [1.82, 2.24) is 9.88 Å². The molecule has 0 amide bonds. The summed E-state index contributed by atoms with van der Waals surface area (Å²) in [6.45, 7) is 5.98. The van der Waals surface area contributed by atoms with Crippen LogP contribution in [0.15, 0.2) is 42.6 Å². The van der Waals surface area contributed by atoms with Crippen molar-refractivity contribution in [2.75, 3.05) is 20.8 Å². The maximum absolute atomic E-state index is 15.1. The monoisotopic (exact) mass is 601 g/mol. The Labute approximate surface area is 235 Å². The summed E-state index contributed by atoms with van der Waals surface area (Å²) in [6, 6.07) is 9.52. The first-order valence-electron chi connectivity index (χ1n) is 11.8. The van der Waals surface area contributed by atoms with Gasteiger partial charge in [0.2, 0.25) is 5.88 Å². The number of halogens is 2. The fourth-order valence-electron chi connectivity index (χ4n) is 4.28. The number of aromatic nitrogens is 1. The van der Waals surface area contributed by atoms with Gasteiger partial charge in [0.15, 0.2) is 23.1 Å². The van der Waals surface area contributed by atoms with E-state index in [0.717, 1.165) is 5.56 Å². The first-order chi connectivity index (χ1) is 17.9. The molecule has 2 N–H and O–H groups in total. The number of carboxylic acids is 1. The standard InChI is InChI=1S/C28H28FN3O6.BrH/c1-28(2,3)18-10-15(6-8-20(18)38-22-9-7-16(12-31-22)27(34)35)19(33)14-32-13-17-11-21(36-4)25(37-5)24(29)23(17)26(32)30;/h6-12,30H,13-14H2,1-5H3,(H,34,35);1H. The highest BCUT2D eigenvalue weighted by atomic mass is 79.9. The van der Waals surface area contributed by atoms with Gasteiger partial charge in [-0.05, 0) is 41.3 Å². The number of carbonyl (C=O) groups is 2. The van der Waals surface area contributed by atoms with Gasteiger partial charge < -0.3 is 24.2 Å². The zero-order valence-electron chi connectivity index (χ0n) is 22.1. The summed E-state index contributed by atoms with van der Waals surface area (Å²) >= 11 is 0. The van der Waals surface area contributed by atoms with Crippen LogP contribution in [0.5, 0.6) is 23.1 Å². The lowest BCUT2D eigenvalue weighted by molar-refractivity contribution is 0.0696. The van der Waals surface area contributed by atoms with Crippen LogP contribution in [0.4, 0.5) is 4.39 Å². The van der Waals surface area contributed by atoms with Crippen molar-refractivity contribution < 1.29 is 33.3 Å². The number of carbonyl (C=O) groups excluding carboxylic acids is 1. The molecule has 2 aromatic carbocycles. The number of pyridine rings is 1. The summed E-state index contributed by atoms with van der Waals surface area (Å²) in [5.74, 6) is -1.28. The number of fused-ring (bicyclic) bond motifs is 1. The molecule has 9 nitrogen and oxygen atoms in total. The number of aromatic carboxylic acids is 1. The minimum absolute atomic E-state index is 0. The van der Waals surface area contributed by atoms with Gasteiger partial charge >= 0.3 is 5.97 Å². The summed E-state index contributed by atoms with van der Waals surface area (Å²) < 4.78 is 31.3. The van der Waals surface area contributed by atoms with E-state index in [1.54, 1.807) is 24.3 Å². The average Bonchev–Trinajstić information content (AvgIpc) is 3.18. The lowest BCUT2D eigenvalue weighted by atomic mass is 9.85. The van der Waals surface area contributed by atoms with Gasteiger partial charge in [0.05, 0.1) is 31.9 Å². The second-order valence-corrected chi connectivity index (χ2v) is 9.84. The van der Waals surface area contributed by atoms with Crippen molar-refractivity contribution in [1.29, 1.82) is 5.41 Å². The molecule has 0 radical (unpaired) electrons.